The monoisotopic (exact) mass is 429 g/mol. The van der Waals surface area contributed by atoms with Crippen LogP contribution in [0.2, 0.25) is 0 Å². The summed E-state index contributed by atoms with van der Waals surface area (Å²) in [6.45, 7) is 7.76. The lowest BCUT2D eigenvalue weighted by Crippen LogP contribution is -2.52. The van der Waals surface area contributed by atoms with Gasteiger partial charge in [0.05, 0.1) is 5.56 Å². The Hall–Kier alpha value is -1.83. The molecule has 1 saturated heterocycles. The molecule has 1 aromatic rings. The van der Waals surface area contributed by atoms with Gasteiger partial charge in [-0.25, -0.2) is 4.39 Å². The Bertz CT molecular complexity index is 724. The average molecular weight is 430 g/mol. The summed E-state index contributed by atoms with van der Waals surface area (Å²) in [5.41, 5.74) is -0.910. The largest absolute Gasteiger partial charge is 0.419 e. The molecule has 0 bridgehead atoms. The van der Waals surface area contributed by atoms with Crippen molar-refractivity contribution in [3.8, 4) is 0 Å². The van der Waals surface area contributed by atoms with Gasteiger partial charge in [0, 0.05) is 49.9 Å². The summed E-state index contributed by atoms with van der Waals surface area (Å²) >= 11 is 0. The van der Waals surface area contributed by atoms with Gasteiger partial charge in [0.2, 0.25) is 5.91 Å². The average Bonchev–Trinajstić information content (AvgIpc) is 2.72. The van der Waals surface area contributed by atoms with Crippen LogP contribution >= 0.6 is 0 Å². The maximum absolute atomic E-state index is 13.8. The van der Waals surface area contributed by atoms with Crippen LogP contribution in [0.5, 0.6) is 0 Å². The lowest BCUT2D eigenvalue weighted by Gasteiger charge is -2.40. The Morgan fingerprint density at radius 1 is 1.13 bits per heavy atom. The Balaban J connectivity index is 1.47. The van der Waals surface area contributed by atoms with Gasteiger partial charge >= 0.3 is 6.18 Å². The molecule has 2 aliphatic rings. The van der Waals surface area contributed by atoms with Gasteiger partial charge in [-0.05, 0) is 57.2 Å². The molecule has 1 atom stereocenters. The van der Waals surface area contributed by atoms with E-state index in [1.165, 1.54) is 6.07 Å². The van der Waals surface area contributed by atoms with Crippen molar-refractivity contribution >= 4 is 11.6 Å². The van der Waals surface area contributed by atoms with E-state index in [-0.39, 0.29) is 17.9 Å². The quantitative estimate of drug-likeness (QED) is 0.686. The predicted molar refractivity (Wildman–Crippen MR) is 109 cm³/mol. The number of nitrogens with zero attached hydrogens (tertiary/aromatic N) is 2. The number of hydrogen-bond acceptors (Lipinski definition) is 3. The molecule has 1 aliphatic heterocycles. The fourth-order valence-electron chi connectivity index (χ4n) is 4.45. The maximum Gasteiger partial charge on any atom is 0.419 e. The SMILES string of the molecule is CCC(C)N1CCN(C(=O)C2CCC(Nc3ccc(C(F)(F)F)c(F)c3)CC2)CC1. The second-order valence-electron chi connectivity index (χ2n) is 8.50. The lowest BCUT2D eigenvalue weighted by atomic mass is 9.85. The Labute approximate surface area is 175 Å². The van der Waals surface area contributed by atoms with Crippen molar-refractivity contribution in [1.82, 2.24) is 9.80 Å². The van der Waals surface area contributed by atoms with Crippen molar-refractivity contribution in [3.63, 3.8) is 0 Å². The van der Waals surface area contributed by atoms with E-state index < -0.39 is 17.6 Å². The molecule has 1 saturated carbocycles. The summed E-state index contributed by atoms with van der Waals surface area (Å²) in [5.74, 6) is -1.05. The smallest absolute Gasteiger partial charge is 0.382 e. The van der Waals surface area contributed by atoms with Gasteiger partial charge in [0.15, 0.2) is 0 Å². The number of nitrogens with one attached hydrogen (secondary N) is 1. The summed E-state index contributed by atoms with van der Waals surface area (Å²) in [4.78, 5) is 17.3. The van der Waals surface area contributed by atoms with E-state index >= 15 is 0 Å². The van der Waals surface area contributed by atoms with Crippen LogP contribution in [0.4, 0.5) is 23.2 Å². The van der Waals surface area contributed by atoms with E-state index in [9.17, 15) is 22.4 Å². The molecule has 1 unspecified atom stereocenters. The molecule has 2 fully saturated rings. The molecular formula is C22H31F4N3O. The third-order valence-corrected chi connectivity index (χ3v) is 6.56. The fraction of sp³-hybridized carbons (Fsp3) is 0.682. The first-order valence-electron chi connectivity index (χ1n) is 10.8. The number of halogens is 4. The zero-order chi connectivity index (χ0) is 21.9. The Kier molecular flexibility index (Phi) is 7.26. The number of carbonyl (C=O) groups is 1. The highest BCUT2D eigenvalue weighted by atomic mass is 19.4. The molecule has 1 aromatic carbocycles. The fourth-order valence-corrected chi connectivity index (χ4v) is 4.45. The number of alkyl halides is 3. The van der Waals surface area contributed by atoms with Crippen LogP contribution in [0.15, 0.2) is 18.2 Å². The summed E-state index contributed by atoms with van der Waals surface area (Å²) in [6, 6.07) is 3.51. The third kappa shape index (κ3) is 5.45. The first kappa shape index (κ1) is 22.8. The van der Waals surface area contributed by atoms with E-state index in [2.05, 4.69) is 24.1 Å². The molecule has 8 heteroatoms. The summed E-state index contributed by atoms with van der Waals surface area (Å²) < 4.78 is 51.8. The topological polar surface area (TPSA) is 35.6 Å². The second kappa shape index (κ2) is 9.54. The summed E-state index contributed by atoms with van der Waals surface area (Å²) in [7, 11) is 0. The zero-order valence-corrected chi connectivity index (χ0v) is 17.6. The summed E-state index contributed by atoms with van der Waals surface area (Å²) in [5, 5.41) is 3.13. The van der Waals surface area contributed by atoms with E-state index in [1.54, 1.807) is 0 Å². The van der Waals surface area contributed by atoms with Crippen molar-refractivity contribution in [2.45, 2.75) is 64.2 Å². The highest BCUT2D eigenvalue weighted by Crippen LogP contribution is 2.33. The van der Waals surface area contributed by atoms with E-state index in [4.69, 9.17) is 0 Å². The number of anilines is 1. The van der Waals surface area contributed by atoms with Gasteiger partial charge < -0.3 is 10.2 Å². The van der Waals surface area contributed by atoms with E-state index in [1.807, 2.05) is 4.90 Å². The molecule has 0 radical (unpaired) electrons. The highest BCUT2D eigenvalue weighted by molar-refractivity contribution is 5.79. The van der Waals surface area contributed by atoms with Crippen molar-refractivity contribution in [2.75, 3.05) is 31.5 Å². The minimum absolute atomic E-state index is 0.00235. The first-order valence-corrected chi connectivity index (χ1v) is 10.8. The Morgan fingerprint density at radius 3 is 2.30 bits per heavy atom. The normalized spacial score (nSPS) is 24.5. The van der Waals surface area contributed by atoms with Crippen LogP contribution < -0.4 is 5.32 Å². The second-order valence-corrected chi connectivity index (χ2v) is 8.50. The van der Waals surface area contributed by atoms with Gasteiger partial charge in [-0.3, -0.25) is 9.69 Å². The number of carbonyl (C=O) groups excluding carboxylic acids is 1. The van der Waals surface area contributed by atoms with Gasteiger partial charge in [-0.2, -0.15) is 13.2 Å². The molecule has 1 aliphatic carbocycles. The van der Waals surface area contributed by atoms with Crippen LogP contribution in [0.25, 0.3) is 0 Å². The van der Waals surface area contributed by atoms with Gasteiger partial charge in [0.25, 0.3) is 0 Å². The van der Waals surface area contributed by atoms with Crippen LogP contribution in [0.1, 0.15) is 51.5 Å². The van der Waals surface area contributed by atoms with Crippen LogP contribution in [0, 0.1) is 11.7 Å². The van der Waals surface area contributed by atoms with Crippen molar-refractivity contribution in [3.05, 3.63) is 29.6 Å². The minimum Gasteiger partial charge on any atom is -0.382 e. The molecule has 4 nitrogen and oxygen atoms in total. The number of hydrogen-bond donors (Lipinski definition) is 1. The third-order valence-electron chi connectivity index (χ3n) is 6.56. The number of piperazine rings is 1. The molecule has 0 spiro atoms. The molecule has 1 heterocycles. The predicted octanol–water partition coefficient (Wildman–Crippen LogP) is 4.76. The lowest BCUT2D eigenvalue weighted by molar-refractivity contribution is -0.140. The number of amides is 1. The standard InChI is InChI=1S/C22H31F4N3O/c1-3-15(2)28-10-12-29(13-11-28)21(30)16-4-6-17(7-5-16)27-18-8-9-19(20(23)14-18)22(24,25)26/h8-9,14-17,27H,3-7,10-13H2,1-2H3. The van der Waals surface area contributed by atoms with Gasteiger partial charge in [0.1, 0.15) is 5.82 Å². The zero-order valence-electron chi connectivity index (χ0n) is 17.6. The van der Waals surface area contributed by atoms with Crippen molar-refractivity contribution < 1.29 is 22.4 Å². The molecule has 30 heavy (non-hydrogen) atoms. The van der Waals surface area contributed by atoms with Crippen LogP contribution in [-0.4, -0.2) is 54.0 Å². The molecule has 168 valence electrons. The minimum atomic E-state index is -4.69. The molecule has 3 rings (SSSR count). The molecule has 1 amide bonds. The Morgan fingerprint density at radius 2 is 1.77 bits per heavy atom. The maximum atomic E-state index is 13.8. The molecule has 0 aromatic heterocycles. The van der Waals surface area contributed by atoms with E-state index in [0.717, 1.165) is 70.4 Å². The summed E-state index contributed by atoms with van der Waals surface area (Å²) in [6.07, 6.45) is -0.622. The molecule has 1 N–H and O–H groups in total. The number of rotatable bonds is 5. The van der Waals surface area contributed by atoms with E-state index in [0.29, 0.717) is 11.7 Å². The van der Waals surface area contributed by atoms with Gasteiger partial charge in [-0.1, -0.05) is 6.92 Å². The van der Waals surface area contributed by atoms with Crippen LogP contribution in [-0.2, 0) is 11.0 Å². The van der Waals surface area contributed by atoms with Gasteiger partial charge in [-0.15, -0.1) is 0 Å². The van der Waals surface area contributed by atoms with Crippen molar-refractivity contribution in [1.29, 1.82) is 0 Å². The number of benzene rings is 1. The van der Waals surface area contributed by atoms with Crippen molar-refractivity contribution in [2.24, 2.45) is 5.92 Å². The highest BCUT2D eigenvalue weighted by Gasteiger charge is 2.34. The molecular weight excluding hydrogens is 398 g/mol. The first-order chi connectivity index (χ1) is 14.2. The van der Waals surface area contributed by atoms with Crippen LogP contribution in [0.3, 0.4) is 0 Å².